The highest BCUT2D eigenvalue weighted by Crippen LogP contribution is 2.40. The number of anilines is 1. The van der Waals surface area contributed by atoms with Crippen molar-refractivity contribution >= 4 is 5.82 Å². The van der Waals surface area contributed by atoms with E-state index in [1.165, 1.54) is 12.8 Å². The minimum Gasteiger partial charge on any atom is -0.364 e. The van der Waals surface area contributed by atoms with Crippen LogP contribution in [0.15, 0.2) is 16.7 Å². The Morgan fingerprint density at radius 1 is 1.40 bits per heavy atom. The molecule has 1 fully saturated rings. The summed E-state index contributed by atoms with van der Waals surface area (Å²) in [5, 5.41) is 16.3. The van der Waals surface area contributed by atoms with E-state index in [1.54, 1.807) is 0 Å². The number of aryl methyl sites for hydroxylation is 2. The molecule has 0 spiro atoms. The molecule has 0 saturated heterocycles. The van der Waals surface area contributed by atoms with Crippen LogP contribution >= 0.6 is 0 Å². The third kappa shape index (κ3) is 2.50. The monoisotopic (exact) mass is 268 g/mol. The maximum atomic E-state index is 9.03. The molecule has 0 aromatic carbocycles. The second kappa shape index (κ2) is 4.97. The number of hydrogen-bond acceptors (Lipinski definition) is 5. The summed E-state index contributed by atoms with van der Waals surface area (Å²) in [6.07, 6.45) is 2.41. The Balaban J connectivity index is 1.70. The summed E-state index contributed by atoms with van der Waals surface area (Å²) in [6.45, 7) is 4.34. The van der Waals surface area contributed by atoms with Gasteiger partial charge in [0.15, 0.2) is 0 Å². The van der Waals surface area contributed by atoms with Crippen LogP contribution in [0, 0.1) is 25.2 Å². The van der Waals surface area contributed by atoms with Crippen molar-refractivity contribution in [3.63, 3.8) is 0 Å². The lowest BCUT2D eigenvalue weighted by Crippen LogP contribution is -2.04. The zero-order valence-electron chi connectivity index (χ0n) is 11.6. The summed E-state index contributed by atoms with van der Waals surface area (Å²) in [7, 11) is 0. The van der Waals surface area contributed by atoms with Crippen LogP contribution in [-0.2, 0) is 6.54 Å². The molecule has 0 bridgehead atoms. The Morgan fingerprint density at radius 3 is 2.85 bits per heavy atom. The summed E-state index contributed by atoms with van der Waals surface area (Å²) < 4.78 is 5.31. The van der Waals surface area contributed by atoms with Crippen molar-refractivity contribution in [1.29, 1.82) is 5.26 Å². The largest absolute Gasteiger partial charge is 0.364 e. The first-order valence-electron chi connectivity index (χ1n) is 6.75. The third-order valence-electron chi connectivity index (χ3n) is 3.52. The SMILES string of the molecule is Cc1cc(NCc2cc(C3CC3)on2)nc(C)c1C#N. The number of aromatic nitrogens is 2. The Kier molecular flexibility index (Phi) is 3.15. The van der Waals surface area contributed by atoms with Gasteiger partial charge in [0.2, 0.25) is 0 Å². The molecular formula is C15H16N4O. The summed E-state index contributed by atoms with van der Waals surface area (Å²) in [6, 6.07) is 6.06. The molecule has 0 radical (unpaired) electrons. The van der Waals surface area contributed by atoms with Crippen molar-refractivity contribution in [2.24, 2.45) is 0 Å². The van der Waals surface area contributed by atoms with E-state index in [4.69, 9.17) is 9.78 Å². The summed E-state index contributed by atoms with van der Waals surface area (Å²) in [4.78, 5) is 4.38. The fourth-order valence-electron chi connectivity index (χ4n) is 2.24. The minimum absolute atomic E-state index is 0.577. The molecule has 0 aliphatic heterocycles. The zero-order chi connectivity index (χ0) is 14.1. The molecule has 5 nitrogen and oxygen atoms in total. The molecule has 5 heteroatoms. The second-order valence-electron chi connectivity index (χ2n) is 5.25. The molecule has 1 aliphatic rings. The van der Waals surface area contributed by atoms with Crippen LogP contribution in [0.1, 0.15) is 47.0 Å². The first-order valence-corrected chi connectivity index (χ1v) is 6.75. The highest BCUT2D eigenvalue weighted by atomic mass is 16.5. The predicted molar refractivity (Wildman–Crippen MR) is 74.2 cm³/mol. The smallest absolute Gasteiger partial charge is 0.140 e. The Hall–Kier alpha value is -2.35. The maximum absolute atomic E-state index is 9.03. The van der Waals surface area contributed by atoms with Crippen molar-refractivity contribution in [2.45, 2.75) is 39.2 Å². The van der Waals surface area contributed by atoms with Crippen LogP contribution in [0.5, 0.6) is 0 Å². The molecule has 20 heavy (non-hydrogen) atoms. The molecule has 0 unspecified atom stereocenters. The summed E-state index contributed by atoms with van der Waals surface area (Å²) in [5.74, 6) is 2.32. The first kappa shape index (κ1) is 12.7. The summed E-state index contributed by atoms with van der Waals surface area (Å²) in [5.41, 5.74) is 3.21. The van der Waals surface area contributed by atoms with Gasteiger partial charge in [-0.1, -0.05) is 5.16 Å². The fraction of sp³-hybridized carbons (Fsp3) is 0.400. The molecule has 3 rings (SSSR count). The van der Waals surface area contributed by atoms with Crippen LogP contribution < -0.4 is 5.32 Å². The number of pyridine rings is 1. The number of rotatable bonds is 4. The third-order valence-corrected chi connectivity index (χ3v) is 3.52. The molecule has 2 aromatic rings. The number of nitriles is 1. The zero-order valence-corrected chi connectivity index (χ0v) is 11.6. The van der Waals surface area contributed by atoms with E-state index < -0.39 is 0 Å². The molecule has 0 amide bonds. The average molecular weight is 268 g/mol. The first-order chi connectivity index (χ1) is 9.67. The average Bonchev–Trinajstić information content (AvgIpc) is 3.16. The molecular weight excluding hydrogens is 252 g/mol. The van der Waals surface area contributed by atoms with E-state index in [-0.39, 0.29) is 0 Å². The lowest BCUT2D eigenvalue weighted by atomic mass is 10.1. The van der Waals surface area contributed by atoms with E-state index >= 15 is 0 Å². The van der Waals surface area contributed by atoms with Gasteiger partial charge in [-0.05, 0) is 38.3 Å². The van der Waals surface area contributed by atoms with E-state index in [0.29, 0.717) is 18.0 Å². The van der Waals surface area contributed by atoms with Crippen molar-refractivity contribution < 1.29 is 4.52 Å². The second-order valence-corrected chi connectivity index (χ2v) is 5.25. The fourth-order valence-corrected chi connectivity index (χ4v) is 2.24. The van der Waals surface area contributed by atoms with Gasteiger partial charge in [-0.25, -0.2) is 4.98 Å². The molecule has 102 valence electrons. The van der Waals surface area contributed by atoms with Crippen LogP contribution in [0.3, 0.4) is 0 Å². The summed E-state index contributed by atoms with van der Waals surface area (Å²) >= 11 is 0. The Morgan fingerprint density at radius 2 is 2.20 bits per heavy atom. The lowest BCUT2D eigenvalue weighted by Gasteiger charge is -2.07. The van der Waals surface area contributed by atoms with Gasteiger partial charge in [0.05, 0.1) is 17.8 Å². The minimum atomic E-state index is 0.577. The van der Waals surface area contributed by atoms with E-state index in [9.17, 15) is 0 Å². The van der Waals surface area contributed by atoms with Crippen LogP contribution in [0.4, 0.5) is 5.82 Å². The van der Waals surface area contributed by atoms with Crippen molar-refractivity contribution in [1.82, 2.24) is 10.1 Å². The van der Waals surface area contributed by atoms with Crippen molar-refractivity contribution in [2.75, 3.05) is 5.32 Å². The Labute approximate surface area is 117 Å². The van der Waals surface area contributed by atoms with Gasteiger partial charge in [0, 0.05) is 12.0 Å². The molecule has 2 aromatic heterocycles. The lowest BCUT2D eigenvalue weighted by molar-refractivity contribution is 0.379. The normalized spacial score (nSPS) is 14.1. The van der Waals surface area contributed by atoms with Gasteiger partial charge in [0.25, 0.3) is 0 Å². The highest BCUT2D eigenvalue weighted by molar-refractivity contribution is 5.48. The standard InChI is InChI=1S/C15H16N4O/c1-9-5-15(18-10(2)13(9)7-16)17-8-12-6-14(20-19-12)11-3-4-11/h5-6,11H,3-4,8H2,1-2H3,(H,17,18). The molecule has 1 saturated carbocycles. The van der Waals surface area contributed by atoms with Gasteiger partial charge >= 0.3 is 0 Å². The van der Waals surface area contributed by atoms with Gasteiger partial charge in [0.1, 0.15) is 23.3 Å². The molecule has 0 atom stereocenters. The molecule has 1 aliphatic carbocycles. The quantitative estimate of drug-likeness (QED) is 0.922. The van der Waals surface area contributed by atoms with E-state index in [1.807, 2.05) is 26.0 Å². The van der Waals surface area contributed by atoms with Crippen molar-refractivity contribution in [3.05, 3.63) is 40.4 Å². The topological polar surface area (TPSA) is 74.7 Å². The van der Waals surface area contributed by atoms with Crippen LogP contribution in [0.25, 0.3) is 0 Å². The number of nitrogens with one attached hydrogen (secondary N) is 1. The molecule has 1 N–H and O–H groups in total. The highest BCUT2D eigenvalue weighted by Gasteiger charge is 2.27. The predicted octanol–water partition coefficient (Wildman–Crippen LogP) is 3.05. The van der Waals surface area contributed by atoms with Gasteiger partial charge in [-0.2, -0.15) is 5.26 Å². The van der Waals surface area contributed by atoms with E-state index in [0.717, 1.165) is 28.5 Å². The number of nitrogens with zero attached hydrogens (tertiary/aromatic N) is 3. The Bertz CT molecular complexity index is 656. The van der Waals surface area contributed by atoms with Crippen LogP contribution in [0.2, 0.25) is 0 Å². The van der Waals surface area contributed by atoms with Gasteiger partial charge in [-0.3, -0.25) is 0 Å². The maximum Gasteiger partial charge on any atom is 0.140 e. The van der Waals surface area contributed by atoms with Crippen LogP contribution in [-0.4, -0.2) is 10.1 Å². The molecule has 2 heterocycles. The van der Waals surface area contributed by atoms with Gasteiger partial charge < -0.3 is 9.84 Å². The van der Waals surface area contributed by atoms with E-state index in [2.05, 4.69) is 21.5 Å². The van der Waals surface area contributed by atoms with Gasteiger partial charge in [-0.15, -0.1) is 0 Å². The van der Waals surface area contributed by atoms with Crippen molar-refractivity contribution in [3.8, 4) is 6.07 Å². The number of hydrogen-bond donors (Lipinski definition) is 1.